The molecule has 0 radical (unpaired) electrons. The van der Waals surface area contributed by atoms with Gasteiger partial charge in [-0.25, -0.2) is 4.39 Å². The molecule has 0 saturated heterocycles. The summed E-state index contributed by atoms with van der Waals surface area (Å²) in [4.78, 5) is 4.16. The van der Waals surface area contributed by atoms with Gasteiger partial charge in [-0.3, -0.25) is 0 Å². The highest BCUT2D eigenvalue weighted by Crippen LogP contribution is 2.28. The maximum absolute atomic E-state index is 13.5. The van der Waals surface area contributed by atoms with Gasteiger partial charge in [0.25, 0.3) is 5.19 Å². The van der Waals surface area contributed by atoms with Crippen LogP contribution in [0.5, 0.6) is 10.9 Å². The lowest BCUT2D eigenvalue weighted by molar-refractivity contribution is 0.438. The van der Waals surface area contributed by atoms with Crippen molar-refractivity contribution in [3.05, 3.63) is 29.8 Å². The zero-order chi connectivity index (χ0) is 12.4. The number of hydrogen-bond donors (Lipinski definition) is 1. The lowest BCUT2D eigenvalue weighted by Crippen LogP contribution is -1.92. The minimum Gasteiger partial charge on any atom is -0.427 e. The largest absolute Gasteiger partial charge is 0.427 e. The first-order valence-corrected chi connectivity index (χ1v) is 5.90. The topological polar surface area (TPSA) is 61.0 Å². The number of halogens is 1. The van der Waals surface area contributed by atoms with Crippen LogP contribution in [0.4, 0.5) is 10.1 Å². The molecular weight excluding hydrogens is 241 g/mol. The number of aromatic nitrogens is 2. The van der Waals surface area contributed by atoms with Crippen molar-refractivity contribution in [3.8, 4) is 10.9 Å². The van der Waals surface area contributed by atoms with E-state index in [4.69, 9.17) is 10.5 Å². The van der Waals surface area contributed by atoms with Gasteiger partial charge in [0, 0.05) is 29.2 Å². The van der Waals surface area contributed by atoms with Crippen LogP contribution in [-0.2, 0) is 0 Å². The highest BCUT2D eigenvalue weighted by Gasteiger charge is 2.11. The number of ether oxygens (including phenoxy) is 1. The number of nitrogens with two attached hydrogens (primary N) is 1. The second kappa shape index (κ2) is 4.67. The van der Waals surface area contributed by atoms with E-state index in [2.05, 4.69) is 9.36 Å². The van der Waals surface area contributed by atoms with Gasteiger partial charge in [0.2, 0.25) is 0 Å². The van der Waals surface area contributed by atoms with Gasteiger partial charge in [-0.15, -0.1) is 0 Å². The molecule has 0 amide bonds. The number of rotatable bonds is 3. The van der Waals surface area contributed by atoms with Crippen LogP contribution in [0.15, 0.2) is 18.2 Å². The third-order valence-electron chi connectivity index (χ3n) is 2.09. The van der Waals surface area contributed by atoms with E-state index >= 15 is 0 Å². The standard InChI is InChI=1S/C11H12FN3OS/c1-6(2)10-14-11(17-15-10)16-9-4-3-7(13)5-8(9)12/h3-6H,13H2,1-2H3. The number of hydrogen-bond acceptors (Lipinski definition) is 5. The summed E-state index contributed by atoms with van der Waals surface area (Å²) < 4.78 is 22.9. The second-order valence-corrected chi connectivity index (χ2v) is 4.58. The van der Waals surface area contributed by atoms with Crippen LogP contribution < -0.4 is 10.5 Å². The summed E-state index contributed by atoms with van der Waals surface area (Å²) in [6.45, 7) is 3.96. The van der Waals surface area contributed by atoms with Crippen LogP contribution in [0.3, 0.4) is 0 Å². The van der Waals surface area contributed by atoms with Gasteiger partial charge in [-0.1, -0.05) is 13.8 Å². The molecule has 0 fully saturated rings. The zero-order valence-corrected chi connectivity index (χ0v) is 10.3. The number of benzene rings is 1. The zero-order valence-electron chi connectivity index (χ0n) is 9.48. The first kappa shape index (κ1) is 11.8. The van der Waals surface area contributed by atoms with E-state index in [1.807, 2.05) is 13.8 Å². The Kier molecular flexibility index (Phi) is 3.23. The van der Waals surface area contributed by atoms with Crippen molar-refractivity contribution in [1.82, 2.24) is 9.36 Å². The molecule has 4 nitrogen and oxygen atoms in total. The van der Waals surface area contributed by atoms with Crippen molar-refractivity contribution in [2.45, 2.75) is 19.8 Å². The molecule has 2 aromatic rings. The molecule has 6 heteroatoms. The molecule has 0 spiro atoms. The molecule has 0 aliphatic heterocycles. The third-order valence-corrected chi connectivity index (χ3v) is 2.70. The van der Waals surface area contributed by atoms with Crippen molar-refractivity contribution < 1.29 is 9.13 Å². The van der Waals surface area contributed by atoms with Crippen molar-refractivity contribution in [2.75, 3.05) is 5.73 Å². The molecule has 17 heavy (non-hydrogen) atoms. The summed E-state index contributed by atoms with van der Waals surface area (Å²) in [5, 5.41) is 0.331. The maximum Gasteiger partial charge on any atom is 0.298 e. The Balaban J connectivity index is 2.19. The van der Waals surface area contributed by atoms with Crippen molar-refractivity contribution in [2.24, 2.45) is 0 Å². The molecule has 1 aromatic heterocycles. The van der Waals surface area contributed by atoms with E-state index in [0.29, 0.717) is 16.7 Å². The molecule has 1 aromatic carbocycles. The van der Waals surface area contributed by atoms with Crippen LogP contribution in [-0.4, -0.2) is 9.36 Å². The summed E-state index contributed by atoms with van der Waals surface area (Å²) in [6, 6.07) is 4.25. The molecule has 0 unspecified atom stereocenters. The predicted molar refractivity (Wildman–Crippen MR) is 64.9 cm³/mol. The van der Waals surface area contributed by atoms with Crippen LogP contribution >= 0.6 is 11.5 Å². The fourth-order valence-electron chi connectivity index (χ4n) is 1.19. The van der Waals surface area contributed by atoms with E-state index in [1.54, 1.807) is 6.07 Å². The number of anilines is 1. The van der Waals surface area contributed by atoms with Crippen LogP contribution in [0.1, 0.15) is 25.6 Å². The van der Waals surface area contributed by atoms with Gasteiger partial charge < -0.3 is 10.5 Å². The van der Waals surface area contributed by atoms with E-state index in [-0.39, 0.29) is 11.7 Å². The molecule has 0 aliphatic rings. The molecule has 0 bridgehead atoms. The monoisotopic (exact) mass is 253 g/mol. The van der Waals surface area contributed by atoms with Gasteiger partial charge in [0.05, 0.1) is 0 Å². The fourth-order valence-corrected chi connectivity index (χ4v) is 1.87. The molecule has 2 N–H and O–H groups in total. The number of nitrogens with zero attached hydrogens (tertiary/aromatic N) is 2. The van der Waals surface area contributed by atoms with E-state index in [0.717, 1.165) is 11.5 Å². The normalized spacial score (nSPS) is 10.8. The Bertz CT molecular complexity index is 527. The SMILES string of the molecule is CC(C)c1nsc(Oc2ccc(N)cc2F)n1. The lowest BCUT2D eigenvalue weighted by Gasteiger charge is -2.03. The first-order chi connectivity index (χ1) is 8.06. The maximum atomic E-state index is 13.5. The Morgan fingerprint density at radius 2 is 2.18 bits per heavy atom. The van der Waals surface area contributed by atoms with Crippen molar-refractivity contribution >= 4 is 17.2 Å². The predicted octanol–water partition coefficient (Wildman–Crippen LogP) is 3.18. The van der Waals surface area contributed by atoms with Crippen molar-refractivity contribution in [3.63, 3.8) is 0 Å². The van der Waals surface area contributed by atoms with Gasteiger partial charge >= 0.3 is 0 Å². The summed E-state index contributed by atoms with van der Waals surface area (Å²) in [7, 11) is 0. The Hall–Kier alpha value is -1.69. The highest BCUT2D eigenvalue weighted by atomic mass is 32.1. The minimum atomic E-state index is -0.508. The summed E-state index contributed by atoms with van der Waals surface area (Å²) in [5.74, 6) is 0.512. The molecule has 90 valence electrons. The van der Waals surface area contributed by atoms with Gasteiger partial charge in [-0.2, -0.15) is 9.36 Å². The summed E-state index contributed by atoms with van der Waals surface area (Å²) in [5.41, 5.74) is 5.80. The van der Waals surface area contributed by atoms with Crippen LogP contribution in [0.25, 0.3) is 0 Å². The molecule has 0 saturated carbocycles. The molecule has 2 rings (SSSR count). The fraction of sp³-hybridized carbons (Fsp3) is 0.273. The average molecular weight is 253 g/mol. The molecule has 0 aliphatic carbocycles. The van der Waals surface area contributed by atoms with Gasteiger partial charge in [-0.05, 0) is 12.1 Å². The highest BCUT2D eigenvalue weighted by molar-refractivity contribution is 7.07. The minimum absolute atomic E-state index is 0.102. The molecule has 0 atom stereocenters. The first-order valence-electron chi connectivity index (χ1n) is 5.12. The van der Waals surface area contributed by atoms with Crippen LogP contribution in [0.2, 0.25) is 0 Å². The quantitative estimate of drug-likeness (QED) is 0.853. The summed E-state index contributed by atoms with van der Waals surface area (Å²) >= 11 is 1.10. The van der Waals surface area contributed by atoms with Gasteiger partial charge in [0.1, 0.15) is 5.82 Å². The molecule has 1 heterocycles. The Labute approximate surface area is 102 Å². The van der Waals surface area contributed by atoms with E-state index in [9.17, 15) is 4.39 Å². The lowest BCUT2D eigenvalue weighted by atomic mass is 10.2. The Morgan fingerprint density at radius 3 is 2.76 bits per heavy atom. The van der Waals surface area contributed by atoms with Gasteiger partial charge in [0.15, 0.2) is 11.6 Å². The second-order valence-electron chi connectivity index (χ2n) is 3.87. The third kappa shape index (κ3) is 2.71. The van der Waals surface area contributed by atoms with Crippen molar-refractivity contribution in [1.29, 1.82) is 0 Å². The van der Waals surface area contributed by atoms with E-state index in [1.165, 1.54) is 12.1 Å². The molecular formula is C11H12FN3OS. The number of nitrogen functional groups attached to an aromatic ring is 1. The smallest absolute Gasteiger partial charge is 0.298 e. The van der Waals surface area contributed by atoms with E-state index < -0.39 is 5.82 Å². The summed E-state index contributed by atoms with van der Waals surface area (Å²) in [6.07, 6.45) is 0. The average Bonchev–Trinajstić information content (AvgIpc) is 2.71. The Morgan fingerprint density at radius 1 is 1.41 bits per heavy atom. The van der Waals surface area contributed by atoms with Crippen LogP contribution in [0, 0.1) is 5.82 Å².